The minimum absolute atomic E-state index is 0.0231. The van der Waals surface area contributed by atoms with Gasteiger partial charge in [-0.1, -0.05) is 18.2 Å². The summed E-state index contributed by atoms with van der Waals surface area (Å²) in [6.07, 6.45) is 3.81. The van der Waals surface area contributed by atoms with Crippen molar-refractivity contribution >= 4 is 5.97 Å². The molecule has 142 valence electrons. The lowest BCUT2D eigenvalue weighted by Crippen LogP contribution is -2.26. The molecule has 1 aliphatic rings. The van der Waals surface area contributed by atoms with Gasteiger partial charge < -0.3 is 20.4 Å². The van der Waals surface area contributed by atoms with Gasteiger partial charge in [-0.2, -0.15) is 0 Å². The Kier molecular flexibility index (Phi) is 6.48. The monoisotopic (exact) mass is 360 g/mol. The molecule has 0 aromatic heterocycles. The maximum absolute atomic E-state index is 10.6. The van der Waals surface area contributed by atoms with Crippen molar-refractivity contribution in [2.45, 2.75) is 58.0 Å². The number of hydrogen-bond donors (Lipinski definition) is 4. The lowest BCUT2D eigenvalue weighted by molar-refractivity contribution is -0.137. The van der Waals surface area contributed by atoms with E-state index in [9.17, 15) is 20.1 Å². The SMILES string of the molecule is C=C(C)[C@@H]1CC(O)C(C)=C[C@@H]1c1c(O)cc(CCCCC(=O)O)cc1O. The maximum atomic E-state index is 10.6. The molecule has 0 saturated heterocycles. The first-order chi connectivity index (χ1) is 12.2. The van der Waals surface area contributed by atoms with Crippen LogP contribution >= 0.6 is 0 Å². The fraction of sp³-hybridized carbons (Fsp3) is 0.476. The molecule has 26 heavy (non-hydrogen) atoms. The summed E-state index contributed by atoms with van der Waals surface area (Å²) in [5.74, 6) is -1.08. The molecule has 1 aliphatic carbocycles. The van der Waals surface area contributed by atoms with E-state index in [1.165, 1.54) is 0 Å². The number of rotatable bonds is 7. The number of carboxylic acid groups (broad SMARTS) is 1. The van der Waals surface area contributed by atoms with Crippen molar-refractivity contribution in [2.75, 3.05) is 0 Å². The summed E-state index contributed by atoms with van der Waals surface area (Å²) in [6.45, 7) is 7.74. The molecule has 0 saturated carbocycles. The van der Waals surface area contributed by atoms with Crippen LogP contribution in [0.25, 0.3) is 0 Å². The van der Waals surface area contributed by atoms with Crippen molar-refractivity contribution < 1.29 is 25.2 Å². The van der Waals surface area contributed by atoms with Crippen molar-refractivity contribution in [3.8, 4) is 11.5 Å². The van der Waals surface area contributed by atoms with Gasteiger partial charge in [0, 0.05) is 17.9 Å². The number of carboxylic acids is 1. The molecule has 1 aromatic rings. The summed E-state index contributed by atoms with van der Waals surface area (Å²) in [4.78, 5) is 10.6. The number of aliphatic hydroxyl groups is 1. The van der Waals surface area contributed by atoms with Gasteiger partial charge in [-0.15, -0.1) is 0 Å². The number of aliphatic carboxylic acids is 1. The van der Waals surface area contributed by atoms with Gasteiger partial charge in [-0.25, -0.2) is 0 Å². The molecule has 0 aliphatic heterocycles. The topological polar surface area (TPSA) is 98.0 Å². The number of benzene rings is 1. The molecule has 0 heterocycles. The average Bonchev–Trinajstić information content (AvgIpc) is 2.53. The van der Waals surface area contributed by atoms with E-state index in [2.05, 4.69) is 6.58 Å². The van der Waals surface area contributed by atoms with Crippen molar-refractivity contribution in [1.29, 1.82) is 0 Å². The van der Waals surface area contributed by atoms with Gasteiger partial charge >= 0.3 is 5.97 Å². The Bertz CT molecular complexity index is 696. The van der Waals surface area contributed by atoms with E-state index in [0.29, 0.717) is 31.2 Å². The Morgan fingerprint density at radius 3 is 2.38 bits per heavy atom. The van der Waals surface area contributed by atoms with E-state index < -0.39 is 12.1 Å². The van der Waals surface area contributed by atoms with Gasteiger partial charge in [0.25, 0.3) is 0 Å². The zero-order valence-electron chi connectivity index (χ0n) is 15.4. The van der Waals surface area contributed by atoms with Crippen LogP contribution in [0.15, 0.2) is 35.9 Å². The van der Waals surface area contributed by atoms with Crippen molar-refractivity contribution in [3.05, 3.63) is 47.1 Å². The molecule has 0 bridgehead atoms. The Balaban J connectivity index is 2.26. The number of aliphatic hydroxyl groups excluding tert-OH is 1. The van der Waals surface area contributed by atoms with Crippen LogP contribution in [0.3, 0.4) is 0 Å². The maximum Gasteiger partial charge on any atom is 0.303 e. The number of hydrogen-bond acceptors (Lipinski definition) is 4. The minimum Gasteiger partial charge on any atom is -0.507 e. The number of aromatic hydroxyl groups is 2. The van der Waals surface area contributed by atoms with E-state index >= 15 is 0 Å². The van der Waals surface area contributed by atoms with Crippen LogP contribution in [0.5, 0.6) is 11.5 Å². The third-order valence-electron chi connectivity index (χ3n) is 5.15. The largest absolute Gasteiger partial charge is 0.507 e. The molecular formula is C21H28O5. The molecule has 0 fully saturated rings. The van der Waals surface area contributed by atoms with Crippen LogP contribution in [0, 0.1) is 5.92 Å². The molecule has 1 unspecified atom stereocenters. The van der Waals surface area contributed by atoms with Gasteiger partial charge in [0.2, 0.25) is 0 Å². The lowest BCUT2D eigenvalue weighted by Gasteiger charge is -2.34. The molecule has 5 nitrogen and oxygen atoms in total. The third-order valence-corrected chi connectivity index (χ3v) is 5.15. The number of phenols is 2. The van der Waals surface area contributed by atoms with Gasteiger partial charge in [0.15, 0.2) is 0 Å². The van der Waals surface area contributed by atoms with Gasteiger partial charge in [-0.05, 0) is 68.7 Å². The fourth-order valence-electron chi connectivity index (χ4n) is 3.65. The molecule has 3 atom stereocenters. The van der Waals surface area contributed by atoms with E-state index in [1.54, 1.807) is 12.1 Å². The van der Waals surface area contributed by atoms with Crippen LogP contribution in [-0.2, 0) is 11.2 Å². The molecule has 5 heteroatoms. The number of allylic oxidation sites excluding steroid dienone is 2. The highest BCUT2D eigenvalue weighted by molar-refractivity contribution is 5.66. The van der Waals surface area contributed by atoms with Gasteiger partial charge in [0.05, 0.1) is 6.10 Å². The van der Waals surface area contributed by atoms with Gasteiger partial charge in [-0.3, -0.25) is 4.79 Å². The van der Waals surface area contributed by atoms with Crippen molar-refractivity contribution in [2.24, 2.45) is 5.92 Å². The van der Waals surface area contributed by atoms with E-state index in [4.69, 9.17) is 5.11 Å². The first kappa shape index (κ1) is 20.0. The van der Waals surface area contributed by atoms with Crippen LogP contribution in [0.2, 0.25) is 0 Å². The number of aryl methyl sites for hydroxylation is 1. The highest BCUT2D eigenvalue weighted by Crippen LogP contribution is 2.46. The first-order valence-corrected chi connectivity index (χ1v) is 8.99. The molecule has 0 amide bonds. The van der Waals surface area contributed by atoms with Gasteiger partial charge in [0.1, 0.15) is 11.5 Å². The molecule has 1 aromatic carbocycles. The second kappa shape index (κ2) is 8.41. The standard InChI is InChI=1S/C21H28O5/c1-12(2)15-11-17(22)13(3)8-16(15)21-18(23)9-14(10-19(21)24)6-4-5-7-20(25)26/h8-10,15-17,22-24H,1,4-7,11H2,2-3H3,(H,25,26)/t15-,16-,17?/m0/s1. The zero-order chi connectivity index (χ0) is 19.4. The van der Waals surface area contributed by atoms with E-state index in [1.807, 2.05) is 19.9 Å². The van der Waals surface area contributed by atoms with Crippen LogP contribution < -0.4 is 0 Å². The fourth-order valence-corrected chi connectivity index (χ4v) is 3.65. The number of phenolic OH excluding ortho intramolecular Hbond substituents is 2. The second-order valence-corrected chi connectivity index (χ2v) is 7.29. The number of unbranched alkanes of at least 4 members (excludes halogenated alkanes) is 1. The molecule has 2 rings (SSSR count). The Hall–Kier alpha value is -2.27. The summed E-state index contributed by atoms with van der Waals surface area (Å²) in [5, 5.41) is 39.9. The summed E-state index contributed by atoms with van der Waals surface area (Å²) >= 11 is 0. The highest BCUT2D eigenvalue weighted by Gasteiger charge is 2.33. The van der Waals surface area contributed by atoms with E-state index in [-0.39, 0.29) is 29.8 Å². The first-order valence-electron chi connectivity index (χ1n) is 8.99. The smallest absolute Gasteiger partial charge is 0.303 e. The lowest BCUT2D eigenvalue weighted by atomic mass is 9.72. The quantitative estimate of drug-likeness (QED) is 0.437. The summed E-state index contributed by atoms with van der Waals surface area (Å²) in [6, 6.07) is 3.28. The van der Waals surface area contributed by atoms with Crippen molar-refractivity contribution in [3.63, 3.8) is 0 Å². The highest BCUT2D eigenvalue weighted by atomic mass is 16.4. The Morgan fingerprint density at radius 1 is 1.23 bits per heavy atom. The average molecular weight is 360 g/mol. The molecular weight excluding hydrogens is 332 g/mol. The van der Waals surface area contributed by atoms with E-state index in [0.717, 1.165) is 16.7 Å². The number of carbonyl (C=O) groups is 1. The minimum atomic E-state index is -0.821. The predicted octanol–water partition coefficient (Wildman–Crippen LogP) is 3.88. The predicted molar refractivity (Wildman–Crippen MR) is 100 cm³/mol. The normalized spacial score (nSPS) is 22.7. The molecule has 0 radical (unpaired) electrons. The Labute approximate surface area is 154 Å². The zero-order valence-corrected chi connectivity index (χ0v) is 15.4. The molecule has 4 N–H and O–H groups in total. The van der Waals surface area contributed by atoms with Crippen LogP contribution in [0.4, 0.5) is 0 Å². The molecule has 0 spiro atoms. The Morgan fingerprint density at radius 2 is 1.85 bits per heavy atom. The summed E-state index contributed by atoms with van der Waals surface area (Å²) in [7, 11) is 0. The third kappa shape index (κ3) is 4.67. The summed E-state index contributed by atoms with van der Waals surface area (Å²) < 4.78 is 0. The van der Waals surface area contributed by atoms with Crippen LogP contribution in [-0.4, -0.2) is 32.5 Å². The summed E-state index contributed by atoms with van der Waals surface area (Å²) in [5.41, 5.74) is 2.95. The van der Waals surface area contributed by atoms with Crippen molar-refractivity contribution in [1.82, 2.24) is 0 Å². The second-order valence-electron chi connectivity index (χ2n) is 7.29. The van der Waals surface area contributed by atoms with Crippen LogP contribution in [0.1, 0.15) is 56.6 Å².